The molecule has 5 nitrogen and oxygen atoms in total. The Hall–Kier alpha value is -2.25. The van der Waals surface area contributed by atoms with Crippen molar-refractivity contribution in [3.8, 4) is 5.75 Å². The van der Waals surface area contributed by atoms with Gasteiger partial charge in [-0.3, -0.25) is 9.59 Å². The summed E-state index contributed by atoms with van der Waals surface area (Å²) in [4.78, 5) is 21.5. The van der Waals surface area contributed by atoms with Gasteiger partial charge in [0.2, 0.25) is 5.91 Å². The highest BCUT2D eigenvalue weighted by Crippen LogP contribution is 2.26. The second kappa shape index (κ2) is 7.51. The van der Waals surface area contributed by atoms with E-state index in [0.29, 0.717) is 5.56 Å². The first-order chi connectivity index (χ1) is 9.78. The van der Waals surface area contributed by atoms with Gasteiger partial charge in [-0.15, -0.1) is 13.2 Å². The maximum absolute atomic E-state index is 12.2. The van der Waals surface area contributed by atoms with Crippen LogP contribution in [0.25, 0.3) is 0 Å². The van der Waals surface area contributed by atoms with Gasteiger partial charge < -0.3 is 15.2 Å². The van der Waals surface area contributed by atoms with E-state index in [-0.39, 0.29) is 31.6 Å². The molecule has 1 rings (SSSR count). The summed E-state index contributed by atoms with van der Waals surface area (Å²) in [7, 11) is 0. The number of ether oxygens (including phenoxy) is 1. The number of halogens is 3. The summed E-state index contributed by atoms with van der Waals surface area (Å²) >= 11 is 0. The van der Waals surface area contributed by atoms with E-state index in [1.807, 2.05) is 0 Å². The number of benzene rings is 1. The van der Waals surface area contributed by atoms with Crippen LogP contribution in [0.15, 0.2) is 24.3 Å². The number of amides is 1. The molecule has 116 valence electrons. The highest BCUT2D eigenvalue weighted by atomic mass is 19.4. The molecular formula is C13H14F3NO4. The lowest BCUT2D eigenvalue weighted by Gasteiger charge is -2.13. The summed E-state index contributed by atoms with van der Waals surface area (Å²) in [6.07, 6.45) is -5.10. The minimum Gasteiger partial charge on any atom is -0.481 e. The van der Waals surface area contributed by atoms with Crippen molar-refractivity contribution in [2.24, 2.45) is 0 Å². The number of carboxylic acid groups (broad SMARTS) is 1. The van der Waals surface area contributed by atoms with E-state index >= 15 is 0 Å². The lowest BCUT2D eigenvalue weighted by Crippen LogP contribution is -2.26. The van der Waals surface area contributed by atoms with Crippen LogP contribution in [-0.2, 0) is 16.0 Å². The van der Waals surface area contributed by atoms with Gasteiger partial charge in [-0.25, -0.2) is 0 Å². The van der Waals surface area contributed by atoms with Crippen LogP contribution in [-0.4, -0.2) is 29.9 Å². The molecule has 21 heavy (non-hydrogen) atoms. The second-order valence-electron chi connectivity index (χ2n) is 4.15. The molecule has 0 aliphatic heterocycles. The van der Waals surface area contributed by atoms with Gasteiger partial charge in [0.05, 0.1) is 6.42 Å². The van der Waals surface area contributed by atoms with Gasteiger partial charge in [-0.05, 0) is 18.1 Å². The molecule has 0 heterocycles. The van der Waals surface area contributed by atoms with Crippen LogP contribution in [0.2, 0.25) is 0 Å². The number of aliphatic carboxylic acids is 1. The Balaban J connectivity index is 2.48. The zero-order valence-electron chi connectivity index (χ0n) is 10.9. The average Bonchev–Trinajstić information content (AvgIpc) is 2.36. The molecule has 1 aromatic rings. The molecule has 0 unspecified atom stereocenters. The van der Waals surface area contributed by atoms with Crippen molar-refractivity contribution in [1.82, 2.24) is 5.32 Å². The summed E-state index contributed by atoms with van der Waals surface area (Å²) in [6.45, 7) is 0.0939. The Morgan fingerprint density at radius 1 is 1.19 bits per heavy atom. The molecule has 0 saturated carbocycles. The number of carbonyl (C=O) groups is 2. The summed E-state index contributed by atoms with van der Waals surface area (Å²) in [6, 6.07) is 5.63. The summed E-state index contributed by atoms with van der Waals surface area (Å²) in [5, 5.41) is 10.8. The third-order valence-electron chi connectivity index (χ3n) is 2.48. The van der Waals surface area contributed by atoms with Crippen molar-refractivity contribution in [1.29, 1.82) is 0 Å². The molecular weight excluding hydrogens is 291 g/mol. The predicted molar refractivity (Wildman–Crippen MR) is 66.7 cm³/mol. The Bertz CT molecular complexity index is 502. The van der Waals surface area contributed by atoms with Crippen molar-refractivity contribution < 1.29 is 32.6 Å². The van der Waals surface area contributed by atoms with E-state index in [1.54, 1.807) is 6.07 Å². The molecule has 1 aromatic carbocycles. The first kappa shape index (κ1) is 16.8. The van der Waals surface area contributed by atoms with Crippen LogP contribution in [0.4, 0.5) is 13.2 Å². The maximum Gasteiger partial charge on any atom is 0.573 e. The fourth-order valence-electron chi connectivity index (χ4n) is 1.58. The Labute approximate surface area is 118 Å². The molecule has 8 heteroatoms. The average molecular weight is 305 g/mol. The quantitative estimate of drug-likeness (QED) is 0.809. The number of nitrogens with one attached hydrogen (secondary N) is 1. The number of para-hydroxylation sites is 1. The molecule has 1 amide bonds. The number of rotatable bonds is 7. The summed E-state index contributed by atoms with van der Waals surface area (Å²) in [5.41, 5.74) is 0.299. The van der Waals surface area contributed by atoms with Crippen LogP contribution in [0.3, 0.4) is 0 Å². The Morgan fingerprint density at radius 2 is 1.86 bits per heavy atom. The highest BCUT2D eigenvalue weighted by molar-refractivity contribution is 5.80. The number of alkyl halides is 3. The van der Waals surface area contributed by atoms with E-state index in [4.69, 9.17) is 5.11 Å². The minimum absolute atomic E-state index is 0.0939. The fourth-order valence-corrected chi connectivity index (χ4v) is 1.58. The van der Waals surface area contributed by atoms with Crippen molar-refractivity contribution in [2.75, 3.05) is 6.54 Å². The topological polar surface area (TPSA) is 75.6 Å². The molecule has 0 aromatic heterocycles. The molecule has 0 bridgehead atoms. The molecule has 0 aliphatic carbocycles. The number of hydrogen-bond acceptors (Lipinski definition) is 3. The van der Waals surface area contributed by atoms with Crippen molar-refractivity contribution >= 4 is 11.9 Å². The molecule has 0 fully saturated rings. The van der Waals surface area contributed by atoms with Crippen molar-refractivity contribution in [2.45, 2.75) is 25.6 Å². The molecule has 0 atom stereocenters. The van der Waals surface area contributed by atoms with Gasteiger partial charge in [0.15, 0.2) is 0 Å². The van der Waals surface area contributed by atoms with Gasteiger partial charge in [0.25, 0.3) is 0 Å². The highest BCUT2D eigenvalue weighted by Gasteiger charge is 2.31. The third kappa shape index (κ3) is 7.19. The minimum atomic E-state index is -4.78. The molecule has 0 radical (unpaired) electrons. The Kier molecular flexibility index (Phi) is 6.01. The number of carboxylic acids is 1. The monoisotopic (exact) mass is 305 g/mol. The summed E-state index contributed by atoms with van der Waals surface area (Å²) in [5.74, 6) is -1.87. The summed E-state index contributed by atoms with van der Waals surface area (Å²) < 4.78 is 40.5. The first-order valence-corrected chi connectivity index (χ1v) is 6.10. The largest absolute Gasteiger partial charge is 0.573 e. The normalized spacial score (nSPS) is 11.0. The van der Waals surface area contributed by atoms with E-state index < -0.39 is 18.2 Å². The molecule has 0 spiro atoms. The lowest BCUT2D eigenvalue weighted by molar-refractivity contribution is -0.274. The van der Waals surface area contributed by atoms with Gasteiger partial charge in [-0.2, -0.15) is 0 Å². The SMILES string of the molecule is O=C(O)CCC(=O)NCCc1ccccc1OC(F)(F)F. The molecule has 0 aliphatic rings. The number of carbonyl (C=O) groups excluding carboxylic acids is 1. The smallest absolute Gasteiger partial charge is 0.481 e. The molecule has 2 N–H and O–H groups in total. The fraction of sp³-hybridized carbons (Fsp3) is 0.385. The number of hydrogen-bond donors (Lipinski definition) is 2. The van der Waals surface area contributed by atoms with Crippen LogP contribution < -0.4 is 10.1 Å². The van der Waals surface area contributed by atoms with Gasteiger partial charge in [-0.1, -0.05) is 18.2 Å². The van der Waals surface area contributed by atoms with E-state index in [1.165, 1.54) is 18.2 Å². The standard InChI is InChI=1S/C13H14F3NO4/c14-13(15,16)21-10-4-2-1-3-9(10)7-8-17-11(18)5-6-12(19)20/h1-4H,5-8H2,(H,17,18)(H,19,20). The van der Waals surface area contributed by atoms with Gasteiger partial charge >= 0.3 is 12.3 Å². The van der Waals surface area contributed by atoms with Crippen LogP contribution in [0, 0.1) is 0 Å². The van der Waals surface area contributed by atoms with E-state index in [0.717, 1.165) is 0 Å². The Morgan fingerprint density at radius 3 is 2.48 bits per heavy atom. The van der Waals surface area contributed by atoms with Crippen LogP contribution >= 0.6 is 0 Å². The second-order valence-corrected chi connectivity index (χ2v) is 4.15. The van der Waals surface area contributed by atoms with Crippen molar-refractivity contribution in [3.63, 3.8) is 0 Å². The zero-order valence-corrected chi connectivity index (χ0v) is 10.9. The maximum atomic E-state index is 12.2. The third-order valence-corrected chi connectivity index (χ3v) is 2.48. The van der Waals surface area contributed by atoms with Crippen LogP contribution in [0.5, 0.6) is 5.75 Å². The van der Waals surface area contributed by atoms with Crippen LogP contribution in [0.1, 0.15) is 18.4 Å². The van der Waals surface area contributed by atoms with E-state index in [2.05, 4.69) is 10.1 Å². The zero-order chi connectivity index (χ0) is 15.9. The van der Waals surface area contributed by atoms with E-state index in [9.17, 15) is 22.8 Å². The lowest BCUT2D eigenvalue weighted by atomic mass is 10.1. The molecule has 0 saturated heterocycles. The van der Waals surface area contributed by atoms with Crippen molar-refractivity contribution in [3.05, 3.63) is 29.8 Å². The van der Waals surface area contributed by atoms with Gasteiger partial charge in [0, 0.05) is 13.0 Å². The first-order valence-electron chi connectivity index (χ1n) is 6.10. The predicted octanol–water partition coefficient (Wildman–Crippen LogP) is 2.11. The van der Waals surface area contributed by atoms with Gasteiger partial charge in [0.1, 0.15) is 5.75 Å².